The molecular formula is C14H15F3N2OS. The Morgan fingerprint density at radius 2 is 1.95 bits per heavy atom. The van der Waals surface area contributed by atoms with Gasteiger partial charge in [0.2, 0.25) is 0 Å². The largest absolute Gasteiger partial charge is 0.416 e. The van der Waals surface area contributed by atoms with E-state index in [-0.39, 0.29) is 6.54 Å². The fraction of sp³-hybridized carbons (Fsp3) is 0.357. The van der Waals surface area contributed by atoms with Crippen molar-refractivity contribution in [1.82, 2.24) is 10.3 Å². The van der Waals surface area contributed by atoms with Crippen LogP contribution < -0.4 is 5.32 Å². The van der Waals surface area contributed by atoms with Gasteiger partial charge in [-0.2, -0.15) is 13.2 Å². The highest BCUT2D eigenvalue weighted by Crippen LogP contribution is 2.29. The number of rotatable bonds is 5. The van der Waals surface area contributed by atoms with Crippen LogP contribution in [-0.4, -0.2) is 16.6 Å². The van der Waals surface area contributed by atoms with Crippen molar-refractivity contribution < 1.29 is 18.3 Å². The van der Waals surface area contributed by atoms with E-state index in [1.54, 1.807) is 17.5 Å². The summed E-state index contributed by atoms with van der Waals surface area (Å²) in [5, 5.41) is 14.0. The molecule has 7 heteroatoms. The highest BCUT2D eigenvalue weighted by Gasteiger charge is 2.30. The predicted molar refractivity (Wildman–Crippen MR) is 75.0 cm³/mol. The smallest absolute Gasteiger partial charge is 0.387 e. The number of halogens is 3. The van der Waals surface area contributed by atoms with E-state index in [0.717, 1.165) is 22.0 Å². The van der Waals surface area contributed by atoms with Gasteiger partial charge in [-0.1, -0.05) is 12.1 Å². The summed E-state index contributed by atoms with van der Waals surface area (Å²) in [6.45, 7) is 2.75. The van der Waals surface area contributed by atoms with Gasteiger partial charge in [0, 0.05) is 24.2 Å². The van der Waals surface area contributed by atoms with Crippen LogP contribution in [0.5, 0.6) is 0 Å². The SMILES string of the molecule is Cc1ncc(CNCC(O)c2ccc(C(F)(F)F)cc2)s1. The topological polar surface area (TPSA) is 45.2 Å². The molecule has 0 aliphatic rings. The first-order valence-corrected chi connectivity index (χ1v) is 7.15. The van der Waals surface area contributed by atoms with Crippen molar-refractivity contribution in [2.24, 2.45) is 0 Å². The van der Waals surface area contributed by atoms with Crippen molar-refractivity contribution in [3.63, 3.8) is 0 Å². The molecule has 1 unspecified atom stereocenters. The van der Waals surface area contributed by atoms with Crippen LogP contribution in [0, 0.1) is 6.92 Å². The summed E-state index contributed by atoms with van der Waals surface area (Å²) in [7, 11) is 0. The van der Waals surface area contributed by atoms with Gasteiger partial charge in [0.1, 0.15) is 0 Å². The highest BCUT2D eigenvalue weighted by molar-refractivity contribution is 7.11. The molecule has 0 radical (unpaired) electrons. The molecule has 1 atom stereocenters. The van der Waals surface area contributed by atoms with Gasteiger partial charge in [-0.05, 0) is 24.6 Å². The number of aryl methyl sites for hydroxylation is 1. The minimum atomic E-state index is -4.36. The number of aliphatic hydroxyl groups excluding tert-OH is 1. The number of nitrogens with zero attached hydrogens (tertiary/aromatic N) is 1. The molecule has 114 valence electrons. The fourth-order valence-electron chi connectivity index (χ4n) is 1.83. The first kappa shape index (κ1) is 15.9. The van der Waals surface area contributed by atoms with Crippen LogP contribution in [0.25, 0.3) is 0 Å². The number of alkyl halides is 3. The Morgan fingerprint density at radius 1 is 1.29 bits per heavy atom. The molecule has 21 heavy (non-hydrogen) atoms. The van der Waals surface area contributed by atoms with Gasteiger partial charge in [-0.3, -0.25) is 0 Å². The Bertz CT molecular complexity index is 581. The number of thiazole rings is 1. The lowest BCUT2D eigenvalue weighted by atomic mass is 10.1. The van der Waals surface area contributed by atoms with E-state index in [1.807, 2.05) is 6.92 Å². The van der Waals surface area contributed by atoms with Gasteiger partial charge in [0.25, 0.3) is 0 Å². The lowest BCUT2D eigenvalue weighted by Crippen LogP contribution is -2.20. The minimum Gasteiger partial charge on any atom is -0.387 e. The van der Waals surface area contributed by atoms with Crippen LogP contribution in [-0.2, 0) is 12.7 Å². The van der Waals surface area contributed by atoms with Gasteiger partial charge in [0.15, 0.2) is 0 Å². The summed E-state index contributed by atoms with van der Waals surface area (Å²) in [6.07, 6.45) is -3.44. The first-order chi connectivity index (χ1) is 9.86. The number of benzene rings is 1. The average Bonchev–Trinajstić information content (AvgIpc) is 2.83. The minimum absolute atomic E-state index is 0.266. The quantitative estimate of drug-likeness (QED) is 0.890. The predicted octanol–water partition coefficient (Wildman–Crippen LogP) is 3.29. The van der Waals surface area contributed by atoms with Crippen molar-refractivity contribution in [3.05, 3.63) is 51.5 Å². The summed E-state index contributed by atoms with van der Waals surface area (Å²) in [6, 6.07) is 4.55. The Morgan fingerprint density at radius 3 is 2.48 bits per heavy atom. The molecule has 0 fully saturated rings. The zero-order chi connectivity index (χ0) is 15.5. The van der Waals surface area contributed by atoms with Crippen LogP contribution in [0.1, 0.15) is 27.1 Å². The molecule has 1 heterocycles. The van der Waals surface area contributed by atoms with E-state index >= 15 is 0 Å². The summed E-state index contributed by atoms with van der Waals surface area (Å²) in [4.78, 5) is 5.16. The van der Waals surface area contributed by atoms with E-state index in [4.69, 9.17) is 0 Å². The molecule has 0 saturated carbocycles. The van der Waals surface area contributed by atoms with E-state index in [9.17, 15) is 18.3 Å². The van der Waals surface area contributed by atoms with Crippen LogP contribution >= 0.6 is 11.3 Å². The molecular weight excluding hydrogens is 301 g/mol. The third kappa shape index (κ3) is 4.52. The lowest BCUT2D eigenvalue weighted by Gasteiger charge is -2.13. The molecule has 1 aromatic carbocycles. The molecule has 2 N–H and O–H groups in total. The number of aliphatic hydroxyl groups is 1. The molecule has 0 bridgehead atoms. The lowest BCUT2D eigenvalue weighted by molar-refractivity contribution is -0.137. The maximum Gasteiger partial charge on any atom is 0.416 e. The molecule has 3 nitrogen and oxygen atoms in total. The summed E-state index contributed by atoms with van der Waals surface area (Å²) < 4.78 is 37.3. The van der Waals surface area contributed by atoms with Gasteiger partial charge in [0.05, 0.1) is 16.7 Å². The maximum atomic E-state index is 12.4. The van der Waals surface area contributed by atoms with E-state index < -0.39 is 17.8 Å². The second-order valence-corrected chi connectivity index (χ2v) is 5.93. The van der Waals surface area contributed by atoms with Crippen molar-refractivity contribution in [2.75, 3.05) is 6.54 Å². The molecule has 0 aliphatic heterocycles. The molecule has 2 rings (SSSR count). The molecule has 1 aromatic heterocycles. The molecule has 0 saturated heterocycles. The van der Waals surface area contributed by atoms with Crippen molar-refractivity contribution in [2.45, 2.75) is 25.7 Å². The van der Waals surface area contributed by atoms with Crippen molar-refractivity contribution >= 4 is 11.3 Å². The maximum absolute atomic E-state index is 12.4. The zero-order valence-corrected chi connectivity index (χ0v) is 12.1. The summed E-state index contributed by atoms with van der Waals surface area (Å²) >= 11 is 1.56. The third-order valence-corrected chi connectivity index (χ3v) is 3.84. The van der Waals surface area contributed by atoms with Gasteiger partial charge < -0.3 is 10.4 Å². The van der Waals surface area contributed by atoms with E-state index in [0.29, 0.717) is 12.1 Å². The van der Waals surface area contributed by atoms with Gasteiger partial charge in [-0.25, -0.2) is 4.98 Å². The molecule has 0 aliphatic carbocycles. The second-order valence-electron chi connectivity index (χ2n) is 4.61. The number of aromatic nitrogens is 1. The summed E-state index contributed by atoms with van der Waals surface area (Å²) in [5.41, 5.74) is -0.262. The van der Waals surface area contributed by atoms with Crippen LogP contribution in [0.4, 0.5) is 13.2 Å². The summed E-state index contributed by atoms with van der Waals surface area (Å²) in [5.74, 6) is 0. The number of nitrogens with one attached hydrogen (secondary N) is 1. The Labute approximate surface area is 124 Å². The Hall–Kier alpha value is -1.44. The fourth-order valence-corrected chi connectivity index (χ4v) is 2.60. The van der Waals surface area contributed by atoms with Crippen molar-refractivity contribution in [3.8, 4) is 0 Å². The Kier molecular flexibility index (Phi) is 4.97. The number of hydrogen-bond donors (Lipinski definition) is 2. The van der Waals surface area contributed by atoms with E-state index in [1.165, 1.54) is 12.1 Å². The van der Waals surface area contributed by atoms with Gasteiger partial charge >= 0.3 is 6.18 Å². The number of hydrogen-bond acceptors (Lipinski definition) is 4. The molecule has 0 amide bonds. The monoisotopic (exact) mass is 316 g/mol. The first-order valence-electron chi connectivity index (χ1n) is 6.33. The zero-order valence-electron chi connectivity index (χ0n) is 11.3. The highest BCUT2D eigenvalue weighted by atomic mass is 32.1. The third-order valence-electron chi connectivity index (χ3n) is 2.93. The van der Waals surface area contributed by atoms with Crippen LogP contribution in [0.3, 0.4) is 0 Å². The average molecular weight is 316 g/mol. The second kappa shape index (κ2) is 6.55. The van der Waals surface area contributed by atoms with Crippen molar-refractivity contribution in [1.29, 1.82) is 0 Å². The standard InChI is InChI=1S/C14H15F3N2OS/c1-9-19-7-12(21-9)6-18-8-13(20)10-2-4-11(5-3-10)14(15,16)17/h2-5,7,13,18,20H,6,8H2,1H3. The normalized spacial score (nSPS) is 13.4. The molecule has 2 aromatic rings. The van der Waals surface area contributed by atoms with Crippen LogP contribution in [0.2, 0.25) is 0 Å². The molecule has 0 spiro atoms. The Balaban J connectivity index is 1.87. The van der Waals surface area contributed by atoms with Crippen LogP contribution in [0.15, 0.2) is 30.5 Å². The van der Waals surface area contributed by atoms with E-state index in [2.05, 4.69) is 10.3 Å². The van der Waals surface area contributed by atoms with Gasteiger partial charge in [-0.15, -0.1) is 11.3 Å².